The van der Waals surface area contributed by atoms with Crippen LogP contribution in [0.25, 0.3) is 0 Å². The van der Waals surface area contributed by atoms with Gasteiger partial charge in [0.15, 0.2) is 0 Å². The van der Waals surface area contributed by atoms with Gasteiger partial charge in [-0.15, -0.1) is 11.3 Å². The molecule has 7 heteroatoms. The Morgan fingerprint density at radius 3 is 2.52 bits per heavy atom. The number of hydrogen-bond donors (Lipinski definition) is 3. The minimum Gasteiger partial charge on any atom is -0.387 e. The Kier molecular flexibility index (Phi) is 5.73. The van der Waals surface area contributed by atoms with Gasteiger partial charge < -0.3 is 15.7 Å². The fraction of sp³-hybridized carbons (Fsp3) is 0.333. The summed E-state index contributed by atoms with van der Waals surface area (Å²) in [7, 11) is 0. The van der Waals surface area contributed by atoms with Crippen LogP contribution in [0.5, 0.6) is 0 Å². The number of rotatable bonds is 4. The fourth-order valence-electron chi connectivity index (χ4n) is 2.96. The summed E-state index contributed by atoms with van der Waals surface area (Å²) in [5.74, 6) is -0.771. The molecule has 0 saturated heterocycles. The minimum absolute atomic E-state index is 0.255. The lowest BCUT2D eigenvalue weighted by Crippen LogP contribution is -2.19. The number of amides is 2. The molecule has 132 valence electrons. The first kappa shape index (κ1) is 17.9. The van der Waals surface area contributed by atoms with Crippen LogP contribution < -0.4 is 10.6 Å². The van der Waals surface area contributed by atoms with Gasteiger partial charge in [0.25, 0.3) is 11.8 Å². The van der Waals surface area contributed by atoms with Gasteiger partial charge in [0.2, 0.25) is 0 Å². The van der Waals surface area contributed by atoms with E-state index in [9.17, 15) is 9.59 Å². The molecular weight excluding hydrogens is 360 g/mol. The molecular formula is C18H19ClN2O3S. The van der Waals surface area contributed by atoms with Gasteiger partial charge in [0.05, 0.1) is 5.56 Å². The summed E-state index contributed by atoms with van der Waals surface area (Å²) in [6.45, 7) is -0.610. The highest BCUT2D eigenvalue weighted by molar-refractivity contribution is 7.17. The maximum Gasteiger partial charge on any atom is 0.258 e. The number of carbonyl (C=O) groups is 2. The van der Waals surface area contributed by atoms with E-state index < -0.39 is 12.5 Å². The topological polar surface area (TPSA) is 78.4 Å². The van der Waals surface area contributed by atoms with Crippen LogP contribution in [-0.4, -0.2) is 23.5 Å². The van der Waals surface area contributed by atoms with E-state index in [1.807, 2.05) is 0 Å². The van der Waals surface area contributed by atoms with Crippen LogP contribution in [0, 0.1) is 0 Å². The molecule has 0 spiro atoms. The largest absolute Gasteiger partial charge is 0.387 e. The molecule has 1 heterocycles. The number of thiophene rings is 1. The van der Waals surface area contributed by atoms with Crippen molar-refractivity contribution in [3.8, 4) is 0 Å². The van der Waals surface area contributed by atoms with Crippen LogP contribution in [-0.2, 0) is 17.6 Å². The normalized spacial score (nSPS) is 13.7. The molecule has 0 unspecified atom stereocenters. The Bertz CT molecular complexity index is 786. The van der Waals surface area contributed by atoms with E-state index in [-0.39, 0.29) is 5.91 Å². The molecule has 0 fully saturated rings. The van der Waals surface area contributed by atoms with Crippen molar-refractivity contribution in [3.05, 3.63) is 45.3 Å². The molecule has 0 bridgehead atoms. The predicted octanol–water partition coefficient (Wildman–Crippen LogP) is 3.85. The summed E-state index contributed by atoms with van der Waals surface area (Å²) in [6.07, 6.45) is 4.98. The zero-order valence-electron chi connectivity index (χ0n) is 13.6. The van der Waals surface area contributed by atoms with Crippen LogP contribution in [0.1, 0.15) is 40.1 Å². The zero-order chi connectivity index (χ0) is 17.8. The number of fused-ring (bicyclic) bond motifs is 1. The van der Waals surface area contributed by atoms with Crippen LogP contribution in [0.3, 0.4) is 0 Å². The fourth-order valence-corrected chi connectivity index (χ4v) is 4.39. The molecule has 0 radical (unpaired) electrons. The van der Waals surface area contributed by atoms with Crippen LogP contribution in [0.4, 0.5) is 10.7 Å². The summed E-state index contributed by atoms with van der Waals surface area (Å²) in [6, 6.07) is 6.88. The number of aryl methyl sites for hydroxylation is 1. The summed E-state index contributed by atoms with van der Waals surface area (Å²) in [4.78, 5) is 25.7. The van der Waals surface area contributed by atoms with Crippen molar-refractivity contribution in [3.63, 3.8) is 0 Å². The number of aliphatic hydroxyl groups excluding tert-OH is 1. The number of benzene rings is 1. The van der Waals surface area contributed by atoms with Gasteiger partial charge in [-0.05, 0) is 55.5 Å². The molecule has 0 atom stereocenters. The molecule has 2 aromatic rings. The van der Waals surface area contributed by atoms with Crippen LogP contribution in [0.15, 0.2) is 24.3 Å². The van der Waals surface area contributed by atoms with Crippen LogP contribution in [0.2, 0.25) is 5.02 Å². The number of anilines is 2. The molecule has 1 aliphatic rings. The van der Waals surface area contributed by atoms with Gasteiger partial charge >= 0.3 is 0 Å². The highest BCUT2D eigenvalue weighted by atomic mass is 35.5. The maximum atomic E-state index is 12.9. The van der Waals surface area contributed by atoms with Crippen molar-refractivity contribution in [1.29, 1.82) is 0 Å². The monoisotopic (exact) mass is 378 g/mol. The van der Waals surface area contributed by atoms with Gasteiger partial charge in [-0.25, -0.2) is 0 Å². The van der Waals surface area contributed by atoms with Crippen molar-refractivity contribution < 1.29 is 14.7 Å². The molecule has 1 aromatic carbocycles. The van der Waals surface area contributed by atoms with E-state index >= 15 is 0 Å². The summed E-state index contributed by atoms with van der Waals surface area (Å²) in [5, 5.41) is 15.7. The average molecular weight is 379 g/mol. The second-order valence-electron chi connectivity index (χ2n) is 5.94. The molecule has 2 amide bonds. The van der Waals surface area contributed by atoms with Gasteiger partial charge in [0, 0.05) is 15.6 Å². The third-order valence-electron chi connectivity index (χ3n) is 4.15. The molecule has 1 aromatic heterocycles. The van der Waals surface area contributed by atoms with Crippen molar-refractivity contribution in [2.45, 2.75) is 32.1 Å². The first-order chi connectivity index (χ1) is 12.1. The van der Waals surface area contributed by atoms with E-state index in [2.05, 4.69) is 10.6 Å². The van der Waals surface area contributed by atoms with Crippen LogP contribution >= 0.6 is 22.9 Å². The Labute approximate surface area is 155 Å². The Hall–Kier alpha value is -1.89. The first-order valence-electron chi connectivity index (χ1n) is 8.20. The zero-order valence-corrected chi connectivity index (χ0v) is 15.2. The summed E-state index contributed by atoms with van der Waals surface area (Å²) >= 11 is 7.31. The lowest BCUT2D eigenvalue weighted by Gasteiger charge is -2.10. The number of hydrogen-bond acceptors (Lipinski definition) is 4. The van der Waals surface area contributed by atoms with E-state index in [0.29, 0.717) is 21.3 Å². The number of halogens is 1. The molecule has 0 aliphatic heterocycles. The Balaban J connectivity index is 1.93. The average Bonchev–Trinajstić information content (AvgIpc) is 2.77. The van der Waals surface area contributed by atoms with Gasteiger partial charge in [-0.3, -0.25) is 9.59 Å². The predicted molar refractivity (Wildman–Crippen MR) is 101 cm³/mol. The van der Waals surface area contributed by atoms with Gasteiger partial charge in [0.1, 0.15) is 11.6 Å². The quantitative estimate of drug-likeness (QED) is 0.707. The number of carbonyl (C=O) groups excluding carboxylic acids is 2. The third kappa shape index (κ3) is 4.21. The lowest BCUT2D eigenvalue weighted by atomic mass is 10.0. The molecule has 1 aliphatic carbocycles. The SMILES string of the molecule is O=C(CO)Nc1sc2c(c1C(=O)Nc1ccc(Cl)cc1)CCCCC2. The third-order valence-corrected chi connectivity index (χ3v) is 5.61. The molecule has 0 saturated carbocycles. The molecule has 3 rings (SSSR count). The van der Waals surface area contributed by atoms with E-state index in [1.165, 1.54) is 11.3 Å². The minimum atomic E-state index is -0.610. The number of nitrogens with one attached hydrogen (secondary N) is 2. The molecule has 3 N–H and O–H groups in total. The second kappa shape index (κ2) is 7.99. The Morgan fingerprint density at radius 2 is 1.80 bits per heavy atom. The van der Waals surface area contributed by atoms with E-state index in [0.717, 1.165) is 42.5 Å². The lowest BCUT2D eigenvalue weighted by molar-refractivity contribution is -0.118. The van der Waals surface area contributed by atoms with Gasteiger partial charge in [-0.1, -0.05) is 18.0 Å². The van der Waals surface area contributed by atoms with Crippen molar-refractivity contribution in [2.24, 2.45) is 0 Å². The molecule has 25 heavy (non-hydrogen) atoms. The maximum absolute atomic E-state index is 12.9. The van der Waals surface area contributed by atoms with E-state index in [1.54, 1.807) is 24.3 Å². The standard InChI is InChI=1S/C18H19ClN2O3S/c19-11-6-8-12(9-7-11)20-17(24)16-13-4-2-1-3-5-14(13)25-18(16)21-15(23)10-22/h6-9,22H,1-5,10H2,(H,20,24)(H,21,23). The van der Waals surface area contributed by atoms with Crippen molar-refractivity contribution in [1.82, 2.24) is 0 Å². The van der Waals surface area contributed by atoms with Crippen molar-refractivity contribution in [2.75, 3.05) is 17.2 Å². The second-order valence-corrected chi connectivity index (χ2v) is 7.48. The van der Waals surface area contributed by atoms with Gasteiger partial charge in [-0.2, -0.15) is 0 Å². The number of aliphatic hydroxyl groups is 1. The highest BCUT2D eigenvalue weighted by Gasteiger charge is 2.25. The summed E-state index contributed by atoms with van der Waals surface area (Å²) < 4.78 is 0. The molecule has 5 nitrogen and oxygen atoms in total. The Morgan fingerprint density at radius 1 is 1.08 bits per heavy atom. The highest BCUT2D eigenvalue weighted by Crippen LogP contribution is 2.38. The summed E-state index contributed by atoms with van der Waals surface area (Å²) in [5.41, 5.74) is 2.17. The first-order valence-corrected chi connectivity index (χ1v) is 9.40. The van der Waals surface area contributed by atoms with Crippen molar-refractivity contribution >= 4 is 45.4 Å². The smallest absolute Gasteiger partial charge is 0.258 e. The van der Waals surface area contributed by atoms with E-state index in [4.69, 9.17) is 16.7 Å².